The van der Waals surface area contributed by atoms with Crippen LogP contribution in [0.3, 0.4) is 0 Å². The summed E-state index contributed by atoms with van der Waals surface area (Å²) in [6, 6.07) is 13.1. The minimum atomic E-state index is 0.289. The Morgan fingerprint density at radius 2 is 2.06 bits per heavy atom. The molecule has 16 heavy (non-hydrogen) atoms. The average Bonchev–Trinajstić information content (AvgIpc) is 3.08. The molecular weight excluding hydrogens is 196 g/mol. The van der Waals surface area contributed by atoms with Gasteiger partial charge >= 0.3 is 0 Å². The lowest BCUT2D eigenvalue weighted by Crippen LogP contribution is -2.26. The van der Waals surface area contributed by atoms with Gasteiger partial charge in [-0.25, -0.2) is 0 Å². The molecule has 1 N–H and O–H groups in total. The third-order valence-corrected chi connectivity index (χ3v) is 3.49. The van der Waals surface area contributed by atoms with Crippen molar-refractivity contribution in [3.63, 3.8) is 0 Å². The molecule has 0 aliphatic heterocycles. The highest BCUT2D eigenvalue weighted by Gasteiger charge is 2.42. The average molecular weight is 214 g/mol. The van der Waals surface area contributed by atoms with Gasteiger partial charge in [0, 0.05) is 19.0 Å². The standard InChI is InChI=1S/C14H18N2/c1-12(13-5-3-2-4-6-13)16-11-14(7-8-14)9-10-15/h2-6,12,16H,7-9,11H2,1H3. The van der Waals surface area contributed by atoms with Gasteiger partial charge in [0.25, 0.3) is 0 Å². The molecule has 2 heteroatoms. The van der Waals surface area contributed by atoms with Crippen LogP contribution in [0.2, 0.25) is 0 Å². The number of benzene rings is 1. The number of hydrogen-bond acceptors (Lipinski definition) is 2. The van der Waals surface area contributed by atoms with Crippen molar-refractivity contribution in [3.8, 4) is 6.07 Å². The van der Waals surface area contributed by atoms with Crippen molar-refractivity contribution in [1.29, 1.82) is 5.26 Å². The van der Waals surface area contributed by atoms with E-state index in [1.165, 1.54) is 18.4 Å². The van der Waals surface area contributed by atoms with Gasteiger partial charge in [0.2, 0.25) is 0 Å². The lowest BCUT2D eigenvalue weighted by Gasteiger charge is -2.18. The molecule has 0 bridgehead atoms. The van der Waals surface area contributed by atoms with Crippen molar-refractivity contribution in [2.24, 2.45) is 5.41 Å². The number of nitrogens with one attached hydrogen (secondary N) is 1. The maximum Gasteiger partial charge on any atom is 0.0628 e. The van der Waals surface area contributed by atoms with Crippen molar-refractivity contribution in [2.45, 2.75) is 32.2 Å². The topological polar surface area (TPSA) is 35.8 Å². The smallest absolute Gasteiger partial charge is 0.0628 e. The maximum absolute atomic E-state index is 8.75. The predicted molar refractivity (Wildman–Crippen MR) is 64.8 cm³/mol. The van der Waals surface area contributed by atoms with Gasteiger partial charge < -0.3 is 5.32 Å². The normalized spacial score (nSPS) is 18.8. The molecule has 2 rings (SSSR count). The molecule has 0 saturated heterocycles. The molecule has 1 saturated carbocycles. The molecule has 84 valence electrons. The Kier molecular flexibility index (Phi) is 3.26. The second-order valence-electron chi connectivity index (χ2n) is 4.85. The van der Waals surface area contributed by atoms with E-state index in [9.17, 15) is 0 Å². The van der Waals surface area contributed by atoms with E-state index in [1.807, 2.05) is 6.07 Å². The second-order valence-corrected chi connectivity index (χ2v) is 4.85. The van der Waals surface area contributed by atoms with Crippen LogP contribution in [0.25, 0.3) is 0 Å². The van der Waals surface area contributed by atoms with E-state index in [0.29, 0.717) is 12.5 Å². The van der Waals surface area contributed by atoms with Crippen LogP contribution < -0.4 is 5.32 Å². The molecule has 1 fully saturated rings. The van der Waals surface area contributed by atoms with Gasteiger partial charge in [-0.1, -0.05) is 30.3 Å². The SMILES string of the molecule is CC(NCC1(CC#N)CC1)c1ccccc1. The molecule has 1 unspecified atom stereocenters. The summed E-state index contributed by atoms with van der Waals surface area (Å²) in [6.45, 7) is 3.15. The highest BCUT2D eigenvalue weighted by molar-refractivity contribution is 5.18. The van der Waals surface area contributed by atoms with Gasteiger partial charge in [0.15, 0.2) is 0 Å². The first kappa shape index (κ1) is 11.2. The molecule has 0 amide bonds. The van der Waals surface area contributed by atoms with Gasteiger partial charge in [-0.05, 0) is 30.7 Å². The summed E-state index contributed by atoms with van der Waals surface area (Å²) < 4.78 is 0. The lowest BCUT2D eigenvalue weighted by molar-refractivity contribution is 0.433. The Bertz CT molecular complexity index is 373. The molecule has 1 atom stereocenters. The van der Waals surface area contributed by atoms with Crippen LogP contribution in [0.1, 0.15) is 37.8 Å². The molecule has 2 nitrogen and oxygen atoms in total. The van der Waals surface area contributed by atoms with E-state index in [2.05, 4.69) is 42.6 Å². The third kappa shape index (κ3) is 2.62. The molecule has 0 aromatic heterocycles. The van der Waals surface area contributed by atoms with Crippen LogP contribution >= 0.6 is 0 Å². The molecule has 1 aliphatic carbocycles. The van der Waals surface area contributed by atoms with Crippen LogP contribution in [0.4, 0.5) is 0 Å². The minimum Gasteiger partial charge on any atom is -0.310 e. The molecular formula is C14H18N2. The molecule has 1 aromatic carbocycles. The first-order chi connectivity index (χ1) is 7.76. The molecule has 0 heterocycles. The first-order valence-electron chi connectivity index (χ1n) is 5.91. The fraction of sp³-hybridized carbons (Fsp3) is 0.500. The van der Waals surface area contributed by atoms with E-state index in [-0.39, 0.29) is 5.41 Å². The fourth-order valence-electron chi connectivity index (χ4n) is 1.99. The van der Waals surface area contributed by atoms with E-state index < -0.39 is 0 Å². The van der Waals surface area contributed by atoms with E-state index >= 15 is 0 Å². The number of nitrogens with zero attached hydrogens (tertiary/aromatic N) is 1. The Balaban J connectivity index is 1.85. The highest BCUT2D eigenvalue weighted by Crippen LogP contribution is 2.48. The summed E-state index contributed by atoms with van der Waals surface area (Å²) in [4.78, 5) is 0. The van der Waals surface area contributed by atoms with Crippen molar-refractivity contribution < 1.29 is 0 Å². The van der Waals surface area contributed by atoms with Crippen molar-refractivity contribution >= 4 is 0 Å². The summed E-state index contributed by atoms with van der Waals surface area (Å²) in [7, 11) is 0. The predicted octanol–water partition coefficient (Wildman–Crippen LogP) is 3.03. The van der Waals surface area contributed by atoms with Crippen LogP contribution in [0.5, 0.6) is 0 Å². The van der Waals surface area contributed by atoms with E-state index in [1.54, 1.807) is 0 Å². The number of rotatable bonds is 5. The van der Waals surface area contributed by atoms with Gasteiger partial charge in [-0.2, -0.15) is 5.26 Å². The van der Waals surface area contributed by atoms with E-state index in [4.69, 9.17) is 5.26 Å². The molecule has 0 radical (unpaired) electrons. The Labute approximate surface area is 97.3 Å². The molecule has 0 spiro atoms. The summed E-state index contributed by atoms with van der Waals surface area (Å²) in [5.41, 5.74) is 1.60. The first-order valence-corrected chi connectivity index (χ1v) is 5.91. The lowest BCUT2D eigenvalue weighted by atomic mass is 10.0. The second kappa shape index (κ2) is 4.67. The van der Waals surface area contributed by atoms with Crippen LogP contribution in [-0.4, -0.2) is 6.54 Å². The molecule has 1 aromatic rings. The zero-order valence-electron chi connectivity index (χ0n) is 9.74. The number of nitriles is 1. The fourth-order valence-corrected chi connectivity index (χ4v) is 1.99. The molecule has 1 aliphatic rings. The Hall–Kier alpha value is -1.33. The summed E-state index contributed by atoms with van der Waals surface area (Å²) in [5, 5.41) is 12.3. The van der Waals surface area contributed by atoms with Crippen molar-refractivity contribution in [2.75, 3.05) is 6.54 Å². The summed E-state index contributed by atoms with van der Waals surface area (Å²) >= 11 is 0. The minimum absolute atomic E-state index is 0.289. The zero-order valence-corrected chi connectivity index (χ0v) is 9.74. The third-order valence-electron chi connectivity index (χ3n) is 3.49. The van der Waals surface area contributed by atoms with Gasteiger partial charge in [-0.15, -0.1) is 0 Å². The van der Waals surface area contributed by atoms with Crippen LogP contribution in [-0.2, 0) is 0 Å². The largest absolute Gasteiger partial charge is 0.310 e. The van der Waals surface area contributed by atoms with Gasteiger partial charge in [-0.3, -0.25) is 0 Å². The Morgan fingerprint density at radius 3 is 2.62 bits per heavy atom. The number of hydrogen-bond donors (Lipinski definition) is 1. The summed E-state index contributed by atoms with van der Waals surface area (Å²) in [6.07, 6.45) is 3.10. The maximum atomic E-state index is 8.75. The van der Waals surface area contributed by atoms with Crippen LogP contribution in [0.15, 0.2) is 30.3 Å². The zero-order chi connectivity index (χ0) is 11.4. The quantitative estimate of drug-likeness (QED) is 0.817. The van der Waals surface area contributed by atoms with Crippen LogP contribution in [0, 0.1) is 16.7 Å². The van der Waals surface area contributed by atoms with Gasteiger partial charge in [0.05, 0.1) is 6.07 Å². The van der Waals surface area contributed by atoms with Crippen molar-refractivity contribution in [3.05, 3.63) is 35.9 Å². The monoisotopic (exact) mass is 214 g/mol. The Morgan fingerprint density at radius 1 is 1.38 bits per heavy atom. The van der Waals surface area contributed by atoms with Gasteiger partial charge in [0.1, 0.15) is 0 Å². The summed E-state index contributed by atoms with van der Waals surface area (Å²) in [5.74, 6) is 0. The van der Waals surface area contributed by atoms with E-state index in [0.717, 1.165) is 6.54 Å². The van der Waals surface area contributed by atoms with Crippen molar-refractivity contribution in [1.82, 2.24) is 5.32 Å². The highest BCUT2D eigenvalue weighted by atomic mass is 14.9.